The molecule has 2 aromatic carbocycles. The van der Waals surface area contributed by atoms with Crippen molar-refractivity contribution in [2.45, 2.75) is 29.7 Å². The van der Waals surface area contributed by atoms with Gasteiger partial charge in [0.2, 0.25) is 0 Å². The molecule has 10 heteroatoms. The van der Waals surface area contributed by atoms with Crippen molar-refractivity contribution in [2.75, 3.05) is 6.61 Å². The van der Waals surface area contributed by atoms with Gasteiger partial charge in [-0.1, -0.05) is 53.3 Å². The molecule has 0 aromatic heterocycles. The summed E-state index contributed by atoms with van der Waals surface area (Å²) < 4.78 is 25.4. The van der Waals surface area contributed by atoms with Crippen LogP contribution in [0.4, 0.5) is 4.39 Å². The van der Waals surface area contributed by atoms with Crippen LogP contribution in [0.2, 0.25) is 20.1 Å². The van der Waals surface area contributed by atoms with E-state index in [1.807, 2.05) is 0 Å². The highest BCUT2D eigenvalue weighted by atomic mass is 35.5. The quantitative estimate of drug-likeness (QED) is 0.427. The maximum absolute atomic E-state index is 14.7. The second-order valence-electron chi connectivity index (χ2n) is 6.54. The molecular weight excluding hydrogens is 497 g/mol. The summed E-state index contributed by atoms with van der Waals surface area (Å²) in [5.74, 6) is -1.46. The Hall–Kier alpha value is -1.18. The number of carbonyl (C=O) groups is 2. The fourth-order valence-electron chi connectivity index (χ4n) is 2.91. The molecule has 0 N–H and O–H groups in total. The van der Waals surface area contributed by atoms with Gasteiger partial charge in [-0.2, -0.15) is 0 Å². The van der Waals surface area contributed by atoms with Gasteiger partial charge in [0.25, 0.3) is 0 Å². The second-order valence-corrected chi connectivity index (χ2v) is 9.85. The third-order valence-electron chi connectivity index (χ3n) is 4.44. The van der Waals surface area contributed by atoms with Crippen LogP contribution < -0.4 is 0 Å². The van der Waals surface area contributed by atoms with E-state index in [2.05, 4.69) is 0 Å². The van der Waals surface area contributed by atoms with Crippen LogP contribution in [-0.4, -0.2) is 41.3 Å². The van der Waals surface area contributed by atoms with Crippen LogP contribution >= 0.6 is 58.2 Å². The van der Waals surface area contributed by atoms with Gasteiger partial charge in [0.1, 0.15) is 18.9 Å². The molecule has 0 radical (unpaired) electrons. The van der Waals surface area contributed by atoms with Crippen molar-refractivity contribution in [1.82, 2.24) is 0 Å². The number of benzene rings is 2. The minimum absolute atomic E-state index is 0.0708. The summed E-state index contributed by atoms with van der Waals surface area (Å²) in [6.07, 6.45) is -2.55. The Kier molecular flexibility index (Phi) is 7.80. The number of hydrogen-bond donors (Lipinski definition) is 0. The molecule has 0 aliphatic carbocycles. The van der Waals surface area contributed by atoms with E-state index in [1.165, 1.54) is 48.2 Å². The van der Waals surface area contributed by atoms with Gasteiger partial charge in [-0.05, 0) is 36.4 Å². The average molecular weight is 512 g/mol. The summed E-state index contributed by atoms with van der Waals surface area (Å²) in [4.78, 5) is 24.8. The molecular formula is C20H15Cl4FO4S. The first kappa shape index (κ1) is 23.5. The smallest absolute Gasteiger partial charge is 0.340 e. The van der Waals surface area contributed by atoms with E-state index in [9.17, 15) is 14.0 Å². The Bertz CT molecular complexity index is 974. The van der Waals surface area contributed by atoms with Gasteiger partial charge in [0, 0.05) is 15.3 Å². The molecule has 1 unspecified atom stereocenters. The SMILES string of the molecule is CC1S[C@H](COC(=O)c2ccc(Cl)cc2Cl)[C@@H](OC(=O)c2ccc(Cl)cc2Cl)[C@@H]1F. The minimum atomic E-state index is -1.44. The Labute approximate surface area is 196 Å². The van der Waals surface area contributed by atoms with E-state index in [-0.39, 0.29) is 27.8 Å². The second kappa shape index (κ2) is 9.96. The Balaban J connectivity index is 1.69. The van der Waals surface area contributed by atoms with Gasteiger partial charge >= 0.3 is 11.9 Å². The van der Waals surface area contributed by atoms with E-state index >= 15 is 0 Å². The zero-order chi connectivity index (χ0) is 22.0. The molecule has 1 heterocycles. The summed E-state index contributed by atoms with van der Waals surface area (Å²) in [7, 11) is 0. The number of halogens is 5. The molecule has 1 aliphatic heterocycles. The van der Waals surface area contributed by atoms with Crippen molar-refractivity contribution in [3.63, 3.8) is 0 Å². The van der Waals surface area contributed by atoms with Crippen LogP contribution in [-0.2, 0) is 9.47 Å². The van der Waals surface area contributed by atoms with Crippen LogP contribution in [0, 0.1) is 0 Å². The van der Waals surface area contributed by atoms with Crippen molar-refractivity contribution >= 4 is 70.1 Å². The summed E-state index contributed by atoms with van der Waals surface area (Å²) in [6.45, 7) is 1.50. The van der Waals surface area contributed by atoms with Crippen molar-refractivity contribution < 1.29 is 23.5 Å². The van der Waals surface area contributed by atoms with Gasteiger partial charge in [-0.3, -0.25) is 0 Å². The first-order valence-electron chi connectivity index (χ1n) is 8.75. The molecule has 4 nitrogen and oxygen atoms in total. The number of ether oxygens (including phenoxy) is 2. The molecule has 1 aliphatic rings. The Morgan fingerprint density at radius 3 is 2.03 bits per heavy atom. The average Bonchev–Trinajstić information content (AvgIpc) is 2.93. The normalized spacial score (nSPS) is 23.3. The Morgan fingerprint density at radius 2 is 1.50 bits per heavy atom. The maximum atomic E-state index is 14.7. The lowest BCUT2D eigenvalue weighted by atomic mass is 10.1. The van der Waals surface area contributed by atoms with Crippen LogP contribution in [0.1, 0.15) is 27.6 Å². The van der Waals surface area contributed by atoms with Crippen molar-refractivity contribution in [3.05, 3.63) is 67.6 Å². The zero-order valence-electron chi connectivity index (χ0n) is 15.4. The molecule has 160 valence electrons. The predicted octanol–water partition coefficient (Wildman–Crippen LogP) is 6.52. The monoisotopic (exact) mass is 510 g/mol. The lowest BCUT2D eigenvalue weighted by Crippen LogP contribution is -2.36. The van der Waals surface area contributed by atoms with Gasteiger partial charge < -0.3 is 9.47 Å². The molecule has 30 heavy (non-hydrogen) atoms. The molecule has 1 saturated heterocycles. The van der Waals surface area contributed by atoms with E-state index in [0.29, 0.717) is 10.0 Å². The predicted molar refractivity (Wildman–Crippen MR) is 118 cm³/mol. The lowest BCUT2D eigenvalue weighted by molar-refractivity contribution is 0.00211. The number of carbonyl (C=O) groups excluding carboxylic acids is 2. The highest BCUT2D eigenvalue weighted by molar-refractivity contribution is 8.00. The summed E-state index contributed by atoms with van der Waals surface area (Å²) in [5.41, 5.74) is 0.205. The molecule has 2 aromatic rings. The van der Waals surface area contributed by atoms with Crippen LogP contribution in [0.3, 0.4) is 0 Å². The number of alkyl halides is 1. The van der Waals surface area contributed by atoms with Crippen molar-refractivity contribution in [2.24, 2.45) is 0 Å². The van der Waals surface area contributed by atoms with Gasteiger partial charge in [0.05, 0.1) is 26.4 Å². The van der Waals surface area contributed by atoms with E-state index in [1.54, 1.807) is 6.92 Å². The topological polar surface area (TPSA) is 52.6 Å². The lowest BCUT2D eigenvalue weighted by Gasteiger charge is -2.21. The maximum Gasteiger partial charge on any atom is 0.340 e. The van der Waals surface area contributed by atoms with E-state index < -0.39 is 34.7 Å². The van der Waals surface area contributed by atoms with Gasteiger partial charge in [0.15, 0.2) is 0 Å². The summed E-state index contributed by atoms with van der Waals surface area (Å²) in [5, 5.41) is -0.0718. The standard InChI is InChI=1S/C20H15Cl4FO4S/c1-9-17(25)18(29-20(27)13-5-3-11(22)7-15(13)24)16(30-9)8-28-19(26)12-4-2-10(21)6-14(12)23/h2-7,9,16-18H,8H2,1H3/t9?,16-,17-,18-/m1/s1. The first-order valence-corrected chi connectivity index (χ1v) is 11.2. The highest BCUT2D eigenvalue weighted by Crippen LogP contribution is 2.39. The number of thioether (sulfide) groups is 1. The van der Waals surface area contributed by atoms with E-state index in [0.717, 1.165) is 0 Å². The number of esters is 2. The third-order valence-corrected chi connectivity index (χ3v) is 6.98. The zero-order valence-corrected chi connectivity index (χ0v) is 19.3. The molecule has 1 fully saturated rings. The van der Waals surface area contributed by atoms with Crippen LogP contribution in [0.15, 0.2) is 36.4 Å². The largest absolute Gasteiger partial charge is 0.461 e. The third kappa shape index (κ3) is 5.35. The minimum Gasteiger partial charge on any atom is -0.461 e. The number of hydrogen-bond acceptors (Lipinski definition) is 5. The fourth-order valence-corrected chi connectivity index (χ4v) is 5.24. The van der Waals surface area contributed by atoms with Gasteiger partial charge in [-0.15, -0.1) is 11.8 Å². The summed E-state index contributed by atoms with van der Waals surface area (Å²) in [6, 6.07) is 8.66. The van der Waals surface area contributed by atoms with Crippen molar-refractivity contribution in [1.29, 1.82) is 0 Å². The summed E-state index contributed by atoms with van der Waals surface area (Å²) >= 11 is 24.9. The van der Waals surface area contributed by atoms with Gasteiger partial charge in [-0.25, -0.2) is 14.0 Å². The Morgan fingerprint density at radius 1 is 0.967 bits per heavy atom. The molecule has 0 saturated carbocycles. The van der Waals surface area contributed by atoms with Crippen molar-refractivity contribution in [3.8, 4) is 0 Å². The number of rotatable bonds is 5. The van der Waals surface area contributed by atoms with Crippen LogP contribution in [0.5, 0.6) is 0 Å². The van der Waals surface area contributed by atoms with E-state index in [4.69, 9.17) is 55.9 Å². The molecule has 0 amide bonds. The highest BCUT2D eigenvalue weighted by Gasteiger charge is 2.46. The fraction of sp³-hybridized carbons (Fsp3) is 0.300. The van der Waals surface area contributed by atoms with Crippen LogP contribution in [0.25, 0.3) is 0 Å². The molecule has 4 atom stereocenters. The molecule has 0 bridgehead atoms. The first-order chi connectivity index (χ1) is 14.2. The molecule has 0 spiro atoms. The molecule has 3 rings (SSSR count).